The molecule has 1 fully saturated rings. The van der Waals surface area contributed by atoms with Crippen LogP contribution < -0.4 is 11.1 Å². The second-order valence-corrected chi connectivity index (χ2v) is 5.87. The zero-order valence-electron chi connectivity index (χ0n) is 12.6. The molecule has 1 saturated heterocycles. The first-order valence-electron chi connectivity index (χ1n) is 7.51. The summed E-state index contributed by atoms with van der Waals surface area (Å²) in [6, 6.07) is 11.5. The monoisotopic (exact) mass is 331 g/mol. The van der Waals surface area contributed by atoms with Crippen LogP contribution in [0.4, 0.5) is 11.8 Å². The van der Waals surface area contributed by atoms with Crippen LogP contribution in [-0.2, 0) is 4.79 Å². The van der Waals surface area contributed by atoms with Crippen molar-refractivity contribution in [3.63, 3.8) is 0 Å². The lowest BCUT2D eigenvalue weighted by Gasteiger charge is -2.25. The van der Waals surface area contributed by atoms with Crippen molar-refractivity contribution in [2.24, 2.45) is 0 Å². The average molecular weight is 332 g/mol. The van der Waals surface area contributed by atoms with Gasteiger partial charge in [0.25, 0.3) is 0 Å². The molecule has 1 aromatic carbocycles. The van der Waals surface area contributed by atoms with Gasteiger partial charge in [-0.3, -0.25) is 4.79 Å². The Balaban J connectivity index is 1.84. The maximum absolute atomic E-state index is 11.9. The van der Waals surface area contributed by atoms with Crippen LogP contribution in [-0.4, -0.2) is 33.9 Å². The molecule has 1 atom stereocenters. The third kappa shape index (κ3) is 3.90. The number of likely N-dealkylation sites (tertiary alicyclic amines) is 1. The van der Waals surface area contributed by atoms with Gasteiger partial charge in [0.1, 0.15) is 11.0 Å². The Morgan fingerprint density at radius 1 is 1.30 bits per heavy atom. The number of carbonyl (C=O) groups is 1. The van der Waals surface area contributed by atoms with E-state index in [1.807, 2.05) is 35.2 Å². The number of halogens is 1. The highest BCUT2D eigenvalue weighted by atomic mass is 35.5. The van der Waals surface area contributed by atoms with E-state index in [4.69, 9.17) is 17.3 Å². The van der Waals surface area contributed by atoms with Gasteiger partial charge in [0.05, 0.1) is 6.04 Å². The van der Waals surface area contributed by atoms with E-state index in [9.17, 15) is 4.79 Å². The number of nitrogens with two attached hydrogens (primary N) is 1. The molecular weight excluding hydrogens is 314 g/mol. The Labute approximate surface area is 139 Å². The van der Waals surface area contributed by atoms with Crippen molar-refractivity contribution in [2.45, 2.75) is 18.9 Å². The van der Waals surface area contributed by atoms with Gasteiger partial charge in [-0.25, -0.2) is 4.98 Å². The number of amides is 1. The maximum atomic E-state index is 11.9. The van der Waals surface area contributed by atoms with E-state index in [1.54, 1.807) is 6.07 Å². The van der Waals surface area contributed by atoms with Gasteiger partial charge in [0.2, 0.25) is 11.9 Å². The zero-order chi connectivity index (χ0) is 16.2. The summed E-state index contributed by atoms with van der Waals surface area (Å²) in [5, 5.41) is 3.60. The van der Waals surface area contributed by atoms with E-state index in [0.717, 1.165) is 18.5 Å². The van der Waals surface area contributed by atoms with Gasteiger partial charge in [-0.15, -0.1) is 0 Å². The molecule has 0 spiro atoms. The molecule has 1 aliphatic rings. The summed E-state index contributed by atoms with van der Waals surface area (Å²) in [4.78, 5) is 21.8. The molecule has 3 N–H and O–H groups in total. The average Bonchev–Trinajstić information content (AvgIpc) is 2.92. The smallest absolute Gasteiger partial charge is 0.223 e. The van der Waals surface area contributed by atoms with Crippen molar-refractivity contribution in [1.82, 2.24) is 14.9 Å². The molecule has 0 unspecified atom stereocenters. The normalized spacial score (nSPS) is 15.7. The summed E-state index contributed by atoms with van der Waals surface area (Å²) < 4.78 is 0. The molecule has 0 saturated carbocycles. The second kappa shape index (κ2) is 6.83. The van der Waals surface area contributed by atoms with Gasteiger partial charge in [0, 0.05) is 25.6 Å². The summed E-state index contributed by atoms with van der Waals surface area (Å²) in [5.74, 6) is 0.847. The van der Waals surface area contributed by atoms with Gasteiger partial charge in [-0.05, 0) is 12.0 Å². The number of anilines is 2. The lowest BCUT2D eigenvalue weighted by atomic mass is 10.1. The van der Waals surface area contributed by atoms with Crippen molar-refractivity contribution in [3.8, 4) is 0 Å². The number of nitrogens with one attached hydrogen (secondary N) is 1. The molecule has 23 heavy (non-hydrogen) atoms. The molecule has 6 nitrogen and oxygen atoms in total. The van der Waals surface area contributed by atoms with E-state index in [0.29, 0.717) is 18.8 Å². The number of benzene rings is 1. The van der Waals surface area contributed by atoms with Gasteiger partial charge in [0.15, 0.2) is 0 Å². The Morgan fingerprint density at radius 3 is 2.74 bits per heavy atom. The van der Waals surface area contributed by atoms with Crippen LogP contribution in [0.15, 0.2) is 36.4 Å². The molecule has 0 radical (unpaired) electrons. The molecule has 120 valence electrons. The van der Waals surface area contributed by atoms with Crippen LogP contribution in [0.3, 0.4) is 0 Å². The van der Waals surface area contributed by atoms with Crippen molar-refractivity contribution in [2.75, 3.05) is 24.1 Å². The van der Waals surface area contributed by atoms with Crippen LogP contribution >= 0.6 is 11.6 Å². The third-order valence-electron chi connectivity index (χ3n) is 3.81. The quantitative estimate of drug-likeness (QED) is 0.822. The lowest BCUT2D eigenvalue weighted by Crippen LogP contribution is -2.32. The SMILES string of the molecule is Nc1nc(Cl)cc(N[C@H](CN2CCCC2=O)c2ccccc2)n1. The Morgan fingerprint density at radius 2 is 2.09 bits per heavy atom. The molecule has 2 aromatic rings. The zero-order valence-corrected chi connectivity index (χ0v) is 13.3. The van der Waals surface area contributed by atoms with E-state index in [-0.39, 0.29) is 23.1 Å². The molecular formula is C16H18ClN5O. The number of carbonyl (C=O) groups excluding carboxylic acids is 1. The van der Waals surface area contributed by atoms with Gasteiger partial charge in [-0.1, -0.05) is 41.9 Å². The number of nitrogen functional groups attached to an aromatic ring is 1. The molecule has 1 amide bonds. The number of aromatic nitrogens is 2. The fourth-order valence-electron chi connectivity index (χ4n) is 2.72. The molecule has 1 aromatic heterocycles. The van der Waals surface area contributed by atoms with E-state index < -0.39 is 0 Å². The first-order chi connectivity index (χ1) is 11.1. The molecule has 7 heteroatoms. The van der Waals surface area contributed by atoms with Crippen LogP contribution in [0, 0.1) is 0 Å². The first-order valence-corrected chi connectivity index (χ1v) is 7.89. The summed E-state index contributed by atoms with van der Waals surface area (Å²) in [7, 11) is 0. The first kappa shape index (κ1) is 15.6. The summed E-state index contributed by atoms with van der Waals surface area (Å²) in [5.41, 5.74) is 6.72. The fourth-order valence-corrected chi connectivity index (χ4v) is 2.91. The number of nitrogens with zero attached hydrogens (tertiary/aromatic N) is 3. The van der Waals surface area contributed by atoms with Crippen molar-refractivity contribution in [3.05, 3.63) is 47.1 Å². The number of hydrogen-bond donors (Lipinski definition) is 2. The highest BCUT2D eigenvalue weighted by Crippen LogP contribution is 2.23. The second-order valence-electron chi connectivity index (χ2n) is 5.49. The van der Waals surface area contributed by atoms with Gasteiger partial charge >= 0.3 is 0 Å². The largest absolute Gasteiger partial charge is 0.368 e. The lowest BCUT2D eigenvalue weighted by molar-refractivity contribution is -0.127. The molecule has 0 aliphatic carbocycles. The fraction of sp³-hybridized carbons (Fsp3) is 0.312. The van der Waals surface area contributed by atoms with Gasteiger partial charge < -0.3 is 16.0 Å². The topological polar surface area (TPSA) is 84.1 Å². The van der Waals surface area contributed by atoms with Crippen molar-refractivity contribution < 1.29 is 4.79 Å². The van der Waals surface area contributed by atoms with E-state index >= 15 is 0 Å². The van der Waals surface area contributed by atoms with Crippen molar-refractivity contribution in [1.29, 1.82) is 0 Å². The van der Waals surface area contributed by atoms with Crippen LogP contribution in [0.25, 0.3) is 0 Å². The summed E-state index contributed by atoms with van der Waals surface area (Å²) in [6.07, 6.45) is 1.53. The standard InChI is InChI=1S/C16H18ClN5O/c17-13-9-14(21-16(18)20-13)19-12(11-5-2-1-3-6-11)10-22-8-4-7-15(22)23/h1-3,5-6,9,12H,4,7-8,10H2,(H3,18,19,20,21)/t12-/m1/s1. The Kier molecular flexibility index (Phi) is 4.62. The van der Waals surface area contributed by atoms with Crippen LogP contribution in [0.5, 0.6) is 0 Å². The van der Waals surface area contributed by atoms with E-state index in [1.165, 1.54) is 0 Å². The van der Waals surface area contributed by atoms with Crippen LogP contribution in [0.1, 0.15) is 24.4 Å². The maximum Gasteiger partial charge on any atom is 0.223 e. The van der Waals surface area contributed by atoms with Gasteiger partial charge in [-0.2, -0.15) is 4.98 Å². The third-order valence-corrected chi connectivity index (χ3v) is 4.00. The highest BCUT2D eigenvalue weighted by molar-refractivity contribution is 6.29. The minimum Gasteiger partial charge on any atom is -0.368 e. The predicted octanol–water partition coefficient (Wildman–Crippen LogP) is 2.49. The molecule has 3 rings (SSSR count). The molecule has 1 aliphatic heterocycles. The summed E-state index contributed by atoms with van der Waals surface area (Å²) in [6.45, 7) is 1.36. The number of rotatable bonds is 5. The van der Waals surface area contributed by atoms with Crippen LogP contribution in [0.2, 0.25) is 5.15 Å². The van der Waals surface area contributed by atoms with E-state index in [2.05, 4.69) is 15.3 Å². The minimum absolute atomic E-state index is 0.0939. The minimum atomic E-state index is -0.0939. The number of hydrogen-bond acceptors (Lipinski definition) is 5. The highest BCUT2D eigenvalue weighted by Gasteiger charge is 2.24. The summed E-state index contributed by atoms with van der Waals surface area (Å²) >= 11 is 5.94. The molecule has 2 heterocycles. The molecule has 0 bridgehead atoms. The Bertz CT molecular complexity index is 674. The Hall–Kier alpha value is -2.34. The van der Waals surface area contributed by atoms with Crippen molar-refractivity contribution >= 4 is 29.3 Å². The predicted molar refractivity (Wildman–Crippen MR) is 90.1 cm³/mol.